The molecular weight excluding hydrogens is 360 g/mol. The number of nitrogens with zero attached hydrogens (tertiary/aromatic N) is 4. The van der Waals surface area contributed by atoms with Gasteiger partial charge in [0.05, 0.1) is 21.4 Å². The van der Waals surface area contributed by atoms with E-state index in [1.54, 1.807) is 48.4 Å². The van der Waals surface area contributed by atoms with Crippen molar-refractivity contribution in [1.82, 2.24) is 9.88 Å². The standard InChI is InChI=1S/C20H20N4O4/c1-13-12-16(14(2)28-13)20(25)23-10-8-22(9-11-23)18-6-5-17-15(4-3-7-21-17)19(18)24(26)27/h3-7,12H,8-11H2,1-2H3. The third-order valence-corrected chi connectivity index (χ3v) is 5.10. The van der Waals surface area contributed by atoms with Crippen LogP contribution in [-0.4, -0.2) is 46.9 Å². The Morgan fingerprint density at radius 2 is 1.93 bits per heavy atom. The quantitative estimate of drug-likeness (QED) is 0.511. The Hall–Kier alpha value is -3.42. The second kappa shape index (κ2) is 6.95. The number of anilines is 1. The summed E-state index contributed by atoms with van der Waals surface area (Å²) in [4.78, 5) is 32.1. The molecule has 0 saturated carbocycles. The number of carbonyl (C=O) groups excluding carboxylic acids is 1. The Kier molecular flexibility index (Phi) is 4.46. The molecule has 8 heteroatoms. The van der Waals surface area contributed by atoms with Gasteiger partial charge in [-0.15, -0.1) is 0 Å². The molecule has 0 aliphatic carbocycles. The van der Waals surface area contributed by atoms with E-state index in [0.29, 0.717) is 59.9 Å². The van der Waals surface area contributed by atoms with Crippen LogP contribution in [0, 0.1) is 24.0 Å². The minimum absolute atomic E-state index is 0.0617. The average Bonchev–Trinajstić information content (AvgIpc) is 3.04. The van der Waals surface area contributed by atoms with Crippen LogP contribution in [-0.2, 0) is 0 Å². The number of hydrogen-bond acceptors (Lipinski definition) is 6. The first-order chi connectivity index (χ1) is 13.5. The maximum absolute atomic E-state index is 12.8. The number of benzene rings is 1. The van der Waals surface area contributed by atoms with Crippen LogP contribution in [0.25, 0.3) is 10.9 Å². The molecule has 0 atom stereocenters. The number of furan rings is 1. The molecule has 1 fully saturated rings. The lowest BCUT2D eigenvalue weighted by atomic mass is 10.1. The van der Waals surface area contributed by atoms with Gasteiger partial charge in [0, 0.05) is 32.4 Å². The van der Waals surface area contributed by atoms with E-state index < -0.39 is 0 Å². The number of piperazine rings is 1. The van der Waals surface area contributed by atoms with Crippen LogP contribution in [0.3, 0.4) is 0 Å². The highest BCUT2D eigenvalue weighted by atomic mass is 16.6. The number of hydrogen-bond donors (Lipinski definition) is 0. The Morgan fingerprint density at radius 3 is 2.57 bits per heavy atom. The lowest BCUT2D eigenvalue weighted by Gasteiger charge is -2.35. The van der Waals surface area contributed by atoms with Crippen molar-refractivity contribution in [3.05, 3.63) is 63.7 Å². The van der Waals surface area contributed by atoms with Crippen LogP contribution >= 0.6 is 0 Å². The van der Waals surface area contributed by atoms with Crippen LogP contribution in [0.2, 0.25) is 0 Å². The molecule has 1 amide bonds. The van der Waals surface area contributed by atoms with Crippen LogP contribution in [0.15, 0.2) is 40.9 Å². The summed E-state index contributed by atoms with van der Waals surface area (Å²) in [5, 5.41) is 12.3. The molecule has 1 saturated heterocycles. The van der Waals surface area contributed by atoms with E-state index in [1.807, 2.05) is 11.8 Å². The van der Waals surface area contributed by atoms with E-state index in [-0.39, 0.29) is 16.5 Å². The van der Waals surface area contributed by atoms with Crippen molar-refractivity contribution >= 4 is 28.2 Å². The summed E-state index contributed by atoms with van der Waals surface area (Å²) in [6.45, 7) is 5.62. The van der Waals surface area contributed by atoms with Crippen molar-refractivity contribution in [2.45, 2.75) is 13.8 Å². The van der Waals surface area contributed by atoms with Gasteiger partial charge >= 0.3 is 5.69 Å². The van der Waals surface area contributed by atoms with E-state index in [2.05, 4.69) is 4.98 Å². The summed E-state index contributed by atoms with van der Waals surface area (Å²) in [6, 6.07) is 8.71. The zero-order valence-electron chi connectivity index (χ0n) is 15.7. The van der Waals surface area contributed by atoms with Gasteiger partial charge in [-0.25, -0.2) is 0 Å². The van der Waals surface area contributed by atoms with E-state index >= 15 is 0 Å². The van der Waals surface area contributed by atoms with Gasteiger partial charge in [0.25, 0.3) is 5.91 Å². The van der Waals surface area contributed by atoms with Crippen LogP contribution in [0.4, 0.5) is 11.4 Å². The van der Waals surface area contributed by atoms with Crippen molar-refractivity contribution in [3.63, 3.8) is 0 Å². The topological polar surface area (TPSA) is 92.7 Å². The van der Waals surface area contributed by atoms with E-state index in [0.717, 1.165) is 0 Å². The van der Waals surface area contributed by atoms with Gasteiger partial charge in [-0.1, -0.05) is 0 Å². The van der Waals surface area contributed by atoms with Gasteiger partial charge < -0.3 is 14.2 Å². The SMILES string of the molecule is Cc1cc(C(=O)N2CCN(c3ccc4ncccc4c3[N+](=O)[O-])CC2)c(C)o1. The van der Waals surface area contributed by atoms with E-state index in [4.69, 9.17) is 4.42 Å². The summed E-state index contributed by atoms with van der Waals surface area (Å²) < 4.78 is 5.46. The normalized spacial score (nSPS) is 14.5. The number of carbonyl (C=O) groups is 1. The third-order valence-electron chi connectivity index (χ3n) is 5.10. The molecular formula is C20H20N4O4. The molecule has 8 nitrogen and oxygen atoms in total. The van der Waals surface area contributed by atoms with Gasteiger partial charge in [0.1, 0.15) is 17.2 Å². The molecule has 3 aromatic rings. The Bertz CT molecular complexity index is 1070. The minimum Gasteiger partial charge on any atom is -0.466 e. The molecule has 1 aliphatic rings. The number of aryl methyl sites for hydroxylation is 2. The summed E-state index contributed by atoms with van der Waals surface area (Å²) >= 11 is 0. The first-order valence-electron chi connectivity index (χ1n) is 9.09. The highest BCUT2D eigenvalue weighted by Crippen LogP contribution is 2.35. The van der Waals surface area contributed by atoms with Gasteiger partial charge in [0.2, 0.25) is 0 Å². The summed E-state index contributed by atoms with van der Waals surface area (Å²) in [6.07, 6.45) is 1.62. The number of nitro benzene ring substituents is 1. The molecule has 0 unspecified atom stereocenters. The van der Waals surface area contributed by atoms with E-state index in [1.165, 1.54) is 0 Å². The lowest BCUT2D eigenvalue weighted by molar-refractivity contribution is -0.382. The molecule has 1 aliphatic heterocycles. The second-order valence-corrected chi connectivity index (χ2v) is 6.87. The fourth-order valence-corrected chi connectivity index (χ4v) is 3.74. The molecule has 2 aromatic heterocycles. The molecule has 0 spiro atoms. The highest BCUT2D eigenvalue weighted by molar-refractivity contribution is 5.96. The molecule has 4 rings (SSSR count). The first-order valence-corrected chi connectivity index (χ1v) is 9.09. The largest absolute Gasteiger partial charge is 0.466 e. The zero-order chi connectivity index (χ0) is 19.8. The molecule has 0 bridgehead atoms. The minimum atomic E-state index is -0.353. The van der Waals surface area contributed by atoms with Crippen molar-refractivity contribution in [2.24, 2.45) is 0 Å². The smallest absolute Gasteiger partial charge is 0.301 e. The number of aromatic nitrogens is 1. The predicted octanol–water partition coefficient (Wildman–Crippen LogP) is 3.32. The molecule has 3 heterocycles. The fourth-order valence-electron chi connectivity index (χ4n) is 3.74. The number of rotatable bonds is 3. The molecule has 1 aromatic carbocycles. The summed E-state index contributed by atoms with van der Waals surface area (Å²) in [7, 11) is 0. The zero-order valence-corrected chi connectivity index (χ0v) is 15.7. The Morgan fingerprint density at radius 1 is 1.18 bits per heavy atom. The number of fused-ring (bicyclic) bond motifs is 1. The van der Waals surface area contributed by atoms with Gasteiger partial charge in [0.15, 0.2) is 0 Å². The molecule has 0 N–H and O–H groups in total. The molecule has 144 valence electrons. The molecule has 0 radical (unpaired) electrons. The van der Waals surface area contributed by atoms with Crippen LogP contribution < -0.4 is 4.90 Å². The Labute approximate surface area is 161 Å². The third kappa shape index (κ3) is 3.06. The molecule has 28 heavy (non-hydrogen) atoms. The maximum Gasteiger partial charge on any atom is 0.301 e. The summed E-state index contributed by atoms with van der Waals surface area (Å²) in [5.41, 5.74) is 1.80. The number of nitro groups is 1. The van der Waals surface area contributed by atoms with Crippen molar-refractivity contribution in [1.29, 1.82) is 0 Å². The Balaban J connectivity index is 1.57. The first kappa shape index (κ1) is 18.0. The van der Waals surface area contributed by atoms with E-state index in [9.17, 15) is 14.9 Å². The van der Waals surface area contributed by atoms with Crippen molar-refractivity contribution in [2.75, 3.05) is 31.1 Å². The lowest BCUT2D eigenvalue weighted by Crippen LogP contribution is -2.49. The second-order valence-electron chi connectivity index (χ2n) is 6.87. The van der Waals surface area contributed by atoms with Gasteiger partial charge in [-0.3, -0.25) is 19.9 Å². The van der Waals surface area contributed by atoms with Crippen molar-refractivity contribution in [3.8, 4) is 0 Å². The fraction of sp³-hybridized carbons (Fsp3) is 0.300. The maximum atomic E-state index is 12.8. The van der Waals surface area contributed by atoms with Crippen LogP contribution in [0.5, 0.6) is 0 Å². The van der Waals surface area contributed by atoms with Crippen LogP contribution in [0.1, 0.15) is 21.9 Å². The van der Waals surface area contributed by atoms with Crippen molar-refractivity contribution < 1.29 is 14.1 Å². The monoisotopic (exact) mass is 380 g/mol. The number of amides is 1. The number of pyridine rings is 1. The van der Waals surface area contributed by atoms with Gasteiger partial charge in [-0.05, 0) is 44.2 Å². The average molecular weight is 380 g/mol. The predicted molar refractivity (Wildman–Crippen MR) is 105 cm³/mol. The highest BCUT2D eigenvalue weighted by Gasteiger charge is 2.29. The van der Waals surface area contributed by atoms with Gasteiger partial charge in [-0.2, -0.15) is 0 Å². The summed E-state index contributed by atoms with van der Waals surface area (Å²) in [5.74, 6) is 1.26.